The molecule has 0 aliphatic carbocycles. The van der Waals surface area contributed by atoms with Crippen LogP contribution in [0.4, 0.5) is 5.82 Å². The molecule has 0 bridgehead atoms. The van der Waals surface area contributed by atoms with Crippen LogP contribution in [0.25, 0.3) is 11.4 Å². The summed E-state index contributed by atoms with van der Waals surface area (Å²) < 4.78 is 11.8. The van der Waals surface area contributed by atoms with E-state index in [9.17, 15) is 4.79 Å². The number of carbonyl (C=O) groups excluding carboxylic acids is 1. The number of aromatic nitrogens is 2. The molecule has 7 nitrogen and oxygen atoms in total. The highest BCUT2D eigenvalue weighted by atomic mass is 35.5. The molecule has 2 aliphatic rings. The molecular formula is C18H17ClN4O3. The van der Waals surface area contributed by atoms with Crippen LogP contribution in [0.3, 0.4) is 0 Å². The molecular weight excluding hydrogens is 356 g/mol. The average molecular weight is 373 g/mol. The Labute approximate surface area is 155 Å². The van der Waals surface area contributed by atoms with Crippen molar-refractivity contribution in [3.8, 4) is 17.1 Å². The van der Waals surface area contributed by atoms with Crippen LogP contribution >= 0.6 is 11.6 Å². The molecule has 134 valence electrons. The van der Waals surface area contributed by atoms with Crippen molar-refractivity contribution in [1.29, 1.82) is 0 Å². The Morgan fingerprint density at radius 3 is 3.08 bits per heavy atom. The van der Waals surface area contributed by atoms with Crippen LogP contribution in [-0.4, -0.2) is 46.6 Å². The first-order chi connectivity index (χ1) is 12.6. The van der Waals surface area contributed by atoms with Gasteiger partial charge in [-0.15, -0.1) is 0 Å². The molecule has 0 radical (unpaired) electrons. The molecule has 1 fully saturated rings. The number of fused-ring (bicyclic) bond motifs is 3. The molecule has 3 heterocycles. The van der Waals surface area contributed by atoms with Crippen LogP contribution in [0, 0.1) is 0 Å². The smallest absolute Gasteiger partial charge is 0.246 e. The molecule has 1 aromatic carbocycles. The topological polar surface area (TPSA) is 90.6 Å². The third kappa shape index (κ3) is 2.79. The summed E-state index contributed by atoms with van der Waals surface area (Å²) in [7, 11) is 0. The molecule has 0 saturated carbocycles. The zero-order valence-corrected chi connectivity index (χ0v) is 14.6. The van der Waals surface area contributed by atoms with Crippen molar-refractivity contribution in [2.75, 3.05) is 25.5 Å². The Bertz CT molecular complexity index is 889. The van der Waals surface area contributed by atoms with E-state index in [0.717, 1.165) is 5.56 Å². The Balaban J connectivity index is 1.87. The van der Waals surface area contributed by atoms with Crippen LogP contribution in [0.15, 0.2) is 37.1 Å². The number of anilines is 1. The van der Waals surface area contributed by atoms with Gasteiger partial charge in [0.2, 0.25) is 5.91 Å². The van der Waals surface area contributed by atoms with Crippen molar-refractivity contribution in [2.24, 2.45) is 0 Å². The van der Waals surface area contributed by atoms with E-state index in [4.69, 9.17) is 26.8 Å². The van der Waals surface area contributed by atoms with Gasteiger partial charge in [0.05, 0.1) is 18.2 Å². The molecule has 26 heavy (non-hydrogen) atoms. The first kappa shape index (κ1) is 16.8. The lowest BCUT2D eigenvalue weighted by Crippen LogP contribution is -2.51. The number of benzene rings is 1. The standard InChI is InChI=1S/C18H17ClN4O3/c1-2-15(24)23-5-6-25-13-9-26-17-11(16(13)23)7-10(19)8-12(17)18-21-4-3-14(20)22-18/h2-4,7-8,13,16H,1,5-6,9H2,(H2,20,21,22). The predicted molar refractivity (Wildman–Crippen MR) is 96.8 cm³/mol. The van der Waals surface area contributed by atoms with Crippen molar-refractivity contribution >= 4 is 23.3 Å². The third-order valence-electron chi connectivity index (χ3n) is 4.52. The fourth-order valence-electron chi connectivity index (χ4n) is 3.43. The van der Waals surface area contributed by atoms with Crippen LogP contribution in [0.2, 0.25) is 5.02 Å². The Hall–Kier alpha value is -2.64. The minimum atomic E-state index is -0.309. The van der Waals surface area contributed by atoms with Gasteiger partial charge in [-0.25, -0.2) is 9.97 Å². The molecule has 1 aromatic heterocycles. The summed E-state index contributed by atoms with van der Waals surface area (Å²) in [6, 6.07) is 4.83. The summed E-state index contributed by atoms with van der Waals surface area (Å²) in [4.78, 5) is 22.6. The third-order valence-corrected chi connectivity index (χ3v) is 4.74. The van der Waals surface area contributed by atoms with Gasteiger partial charge in [0.15, 0.2) is 5.82 Å². The summed E-state index contributed by atoms with van der Waals surface area (Å²) in [5, 5.41) is 0.491. The first-order valence-corrected chi connectivity index (χ1v) is 8.56. The number of nitrogens with two attached hydrogens (primary N) is 1. The Morgan fingerprint density at radius 1 is 1.46 bits per heavy atom. The lowest BCUT2D eigenvalue weighted by Gasteiger charge is -2.44. The number of carbonyl (C=O) groups is 1. The highest BCUT2D eigenvalue weighted by Crippen LogP contribution is 2.45. The van der Waals surface area contributed by atoms with Gasteiger partial charge < -0.3 is 20.1 Å². The number of ether oxygens (including phenoxy) is 2. The van der Waals surface area contributed by atoms with Crippen LogP contribution in [0.1, 0.15) is 11.6 Å². The van der Waals surface area contributed by atoms with Gasteiger partial charge in [-0.3, -0.25) is 4.79 Å². The van der Waals surface area contributed by atoms with Gasteiger partial charge in [-0.05, 0) is 24.3 Å². The van der Waals surface area contributed by atoms with Crippen molar-refractivity contribution in [3.63, 3.8) is 0 Å². The molecule has 4 rings (SSSR count). The zero-order chi connectivity index (χ0) is 18.3. The molecule has 2 N–H and O–H groups in total. The number of hydrogen-bond donors (Lipinski definition) is 1. The number of nitrogen functional groups attached to an aromatic ring is 1. The van der Waals surface area contributed by atoms with Gasteiger partial charge in [-0.2, -0.15) is 0 Å². The van der Waals surface area contributed by atoms with E-state index in [-0.39, 0.29) is 18.1 Å². The second kappa shape index (κ2) is 6.59. The second-order valence-electron chi connectivity index (χ2n) is 6.08. The zero-order valence-electron chi connectivity index (χ0n) is 13.9. The minimum absolute atomic E-state index is 0.155. The molecule has 2 aliphatic heterocycles. The van der Waals surface area contributed by atoms with E-state index < -0.39 is 0 Å². The molecule has 1 saturated heterocycles. The fraction of sp³-hybridized carbons (Fsp3) is 0.278. The van der Waals surface area contributed by atoms with E-state index in [1.165, 1.54) is 6.08 Å². The number of halogens is 1. The van der Waals surface area contributed by atoms with Crippen LogP contribution in [-0.2, 0) is 9.53 Å². The summed E-state index contributed by atoms with van der Waals surface area (Å²) in [6.45, 7) is 4.84. The largest absolute Gasteiger partial charge is 0.490 e. The quantitative estimate of drug-likeness (QED) is 0.813. The molecule has 2 unspecified atom stereocenters. The number of nitrogens with zero attached hydrogens (tertiary/aromatic N) is 3. The number of amides is 1. The van der Waals surface area contributed by atoms with Gasteiger partial charge in [0.25, 0.3) is 0 Å². The SMILES string of the molecule is C=CC(=O)N1CCOC2COc3c(-c4nccc(N)n4)cc(Cl)cc3C21. The highest BCUT2D eigenvalue weighted by molar-refractivity contribution is 6.31. The van der Waals surface area contributed by atoms with Crippen molar-refractivity contribution in [3.05, 3.63) is 47.6 Å². The average Bonchev–Trinajstić information content (AvgIpc) is 2.66. The summed E-state index contributed by atoms with van der Waals surface area (Å²) in [6.07, 6.45) is 2.62. The molecule has 1 amide bonds. The molecule has 0 spiro atoms. The van der Waals surface area contributed by atoms with Gasteiger partial charge in [0.1, 0.15) is 24.3 Å². The maximum absolute atomic E-state index is 12.4. The van der Waals surface area contributed by atoms with E-state index in [0.29, 0.717) is 47.7 Å². The second-order valence-corrected chi connectivity index (χ2v) is 6.51. The summed E-state index contributed by atoms with van der Waals surface area (Å²) in [5.74, 6) is 1.20. The van der Waals surface area contributed by atoms with Gasteiger partial charge in [0, 0.05) is 23.3 Å². The normalized spacial score (nSPS) is 21.3. The molecule has 2 atom stereocenters. The van der Waals surface area contributed by atoms with E-state index in [2.05, 4.69) is 16.5 Å². The van der Waals surface area contributed by atoms with Crippen LogP contribution in [0.5, 0.6) is 5.75 Å². The molecule has 8 heteroatoms. The first-order valence-electron chi connectivity index (χ1n) is 8.18. The Morgan fingerprint density at radius 2 is 2.31 bits per heavy atom. The van der Waals surface area contributed by atoms with Gasteiger partial charge >= 0.3 is 0 Å². The maximum atomic E-state index is 12.4. The van der Waals surface area contributed by atoms with Crippen molar-refractivity contribution < 1.29 is 14.3 Å². The lowest BCUT2D eigenvalue weighted by molar-refractivity contribution is -0.146. The molecule has 2 aromatic rings. The maximum Gasteiger partial charge on any atom is 0.246 e. The van der Waals surface area contributed by atoms with E-state index >= 15 is 0 Å². The lowest BCUT2D eigenvalue weighted by atomic mass is 9.92. The fourth-order valence-corrected chi connectivity index (χ4v) is 3.66. The van der Waals surface area contributed by atoms with E-state index in [1.807, 2.05) is 0 Å². The number of rotatable bonds is 2. The van der Waals surface area contributed by atoms with E-state index in [1.54, 1.807) is 29.3 Å². The summed E-state index contributed by atoms with van der Waals surface area (Å²) >= 11 is 6.36. The highest BCUT2D eigenvalue weighted by Gasteiger charge is 2.41. The van der Waals surface area contributed by atoms with Gasteiger partial charge in [-0.1, -0.05) is 18.2 Å². The summed E-state index contributed by atoms with van der Waals surface area (Å²) in [5.41, 5.74) is 7.19. The number of hydrogen-bond acceptors (Lipinski definition) is 6. The van der Waals surface area contributed by atoms with Crippen molar-refractivity contribution in [2.45, 2.75) is 12.1 Å². The monoisotopic (exact) mass is 372 g/mol. The predicted octanol–water partition coefficient (Wildman–Crippen LogP) is 2.23. The minimum Gasteiger partial charge on any atom is -0.490 e. The van der Waals surface area contributed by atoms with Crippen molar-refractivity contribution in [1.82, 2.24) is 14.9 Å². The van der Waals surface area contributed by atoms with Crippen LogP contribution < -0.4 is 10.5 Å². The number of morpholine rings is 1. The Kier molecular flexibility index (Phi) is 4.26.